The average molecular weight is 421 g/mol. The number of hydrogen-bond acceptors (Lipinski definition) is 2. The van der Waals surface area contributed by atoms with E-state index in [9.17, 15) is 9.59 Å². The Balaban J connectivity index is 1.75. The second-order valence-electron chi connectivity index (χ2n) is 6.71. The molecular weight excluding hydrogens is 395 g/mol. The molecule has 0 aliphatic heterocycles. The number of benzene rings is 2. The molecule has 0 saturated heterocycles. The number of hydrogen-bond donors (Lipinski definition) is 0. The van der Waals surface area contributed by atoms with Gasteiger partial charge in [-0.15, -0.1) is 23.2 Å². The van der Waals surface area contributed by atoms with Crippen molar-refractivity contribution in [2.45, 2.75) is 37.4 Å². The summed E-state index contributed by atoms with van der Waals surface area (Å²) >= 11 is 11.6. The Morgan fingerprint density at radius 3 is 1.29 bits per heavy atom. The molecule has 4 nitrogen and oxygen atoms in total. The third kappa shape index (κ3) is 6.25. The minimum Gasteiger partial charge on any atom is -0.316 e. The third-order valence-corrected chi connectivity index (χ3v) is 5.35. The molecule has 0 aliphatic carbocycles. The first-order chi connectivity index (χ1) is 13.5. The van der Waals surface area contributed by atoms with Gasteiger partial charge in [-0.1, -0.05) is 24.3 Å². The van der Waals surface area contributed by atoms with Gasteiger partial charge in [0, 0.05) is 50.1 Å². The first-order valence-electron chi connectivity index (χ1n) is 9.29. The molecule has 0 spiro atoms. The topological polar surface area (TPSA) is 40.6 Å². The summed E-state index contributed by atoms with van der Waals surface area (Å²) < 4.78 is 0. The Hall–Kier alpha value is -2.04. The molecule has 0 saturated carbocycles. The first kappa shape index (κ1) is 22.3. The van der Waals surface area contributed by atoms with Crippen molar-refractivity contribution < 1.29 is 9.59 Å². The van der Waals surface area contributed by atoms with E-state index in [0.29, 0.717) is 37.4 Å². The van der Waals surface area contributed by atoms with Crippen LogP contribution in [0.5, 0.6) is 0 Å². The minimum absolute atomic E-state index is 0.0380. The van der Waals surface area contributed by atoms with Gasteiger partial charge in [0.2, 0.25) is 11.8 Å². The van der Waals surface area contributed by atoms with E-state index in [-0.39, 0.29) is 11.8 Å². The van der Waals surface area contributed by atoms with E-state index in [1.54, 1.807) is 23.9 Å². The van der Waals surface area contributed by atoms with E-state index >= 15 is 0 Å². The molecule has 2 aromatic rings. The highest BCUT2D eigenvalue weighted by atomic mass is 35.5. The summed E-state index contributed by atoms with van der Waals surface area (Å²) in [7, 11) is 3.53. The van der Waals surface area contributed by atoms with Crippen molar-refractivity contribution >= 4 is 46.4 Å². The fourth-order valence-corrected chi connectivity index (χ4v) is 3.15. The van der Waals surface area contributed by atoms with Crippen molar-refractivity contribution in [3.63, 3.8) is 0 Å². The van der Waals surface area contributed by atoms with Crippen LogP contribution in [-0.2, 0) is 21.3 Å². The van der Waals surface area contributed by atoms with Crippen molar-refractivity contribution in [3.8, 4) is 0 Å². The van der Waals surface area contributed by atoms with Crippen LogP contribution in [0.15, 0.2) is 48.5 Å². The summed E-state index contributed by atoms with van der Waals surface area (Å²) in [5.74, 6) is 0.987. The maximum atomic E-state index is 12.4. The summed E-state index contributed by atoms with van der Waals surface area (Å²) in [5, 5.41) is 0. The number of halogens is 2. The number of rotatable bonds is 9. The number of carbonyl (C=O) groups is 2. The molecule has 0 radical (unpaired) electrons. The van der Waals surface area contributed by atoms with Crippen LogP contribution in [0.4, 0.5) is 11.4 Å². The quantitative estimate of drug-likeness (QED) is 0.405. The Morgan fingerprint density at radius 1 is 0.679 bits per heavy atom. The number of alkyl halides is 2. The molecule has 2 amide bonds. The zero-order chi connectivity index (χ0) is 20.5. The average Bonchev–Trinajstić information content (AvgIpc) is 2.75. The highest BCUT2D eigenvalue weighted by Crippen LogP contribution is 2.18. The maximum absolute atomic E-state index is 12.4. The van der Waals surface area contributed by atoms with E-state index in [0.717, 1.165) is 22.5 Å². The van der Waals surface area contributed by atoms with Gasteiger partial charge in [-0.05, 0) is 48.2 Å². The molecule has 6 heteroatoms. The van der Waals surface area contributed by atoms with Crippen molar-refractivity contribution in [2.75, 3.05) is 23.9 Å². The standard InChI is InChI=1S/C22H26Cl2N2O2/c1-25(19-11-7-17(15-23)8-12-19)21(27)5-3-4-6-22(28)26(2)20-13-9-18(16-24)10-14-20/h7-14H,3-6,15-16H2,1-2H3. The second kappa shape index (κ2) is 11.1. The zero-order valence-corrected chi connectivity index (χ0v) is 17.8. The zero-order valence-electron chi connectivity index (χ0n) is 16.3. The fraction of sp³-hybridized carbons (Fsp3) is 0.364. The van der Waals surface area contributed by atoms with E-state index in [1.807, 2.05) is 48.5 Å². The summed E-state index contributed by atoms with van der Waals surface area (Å²) in [6.07, 6.45) is 2.17. The molecule has 0 heterocycles. The molecule has 0 bridgehead atoms. The SMILES string of the molecule is CN(C(=O)CCCCC(=O)N(C)c1ccc(CCl)cc1)c1ccc(CCl)cc1. The number of amides is 2. The number of anilines is 2. The number of nitrogens with zero attached hydrogens (tertiary/aromatic N) is 2. The predicted molar refractivity (Wildman–Crippen MR) is 117 cm³/mol. The summed E-state index contributed by atoms with van der Waals surface area (Å²) in [4.78, 5) is 28.0. The smallest absolute Gasteiger partial charge is 0.226 e. The van der Waals surface area contributed by atoms with Gasteiger partial charge < -0.3 is 9.80 Å². The molecule has 0 N–H and O–H groups in total. The second-order valence-corrected chi connectivity index (χ2v) is 7.25. The van der Waals surface area contributed by atoms with Gasteiger partial charge in [-0.25, -0.2) is 0 Å². The largest absolute Gasteiger partial charge is 0.316 e. The molecule has 0 aromatic heterocycles. The van der Waals surface area contributed by atoms with E-state index in [1.165, 1.54) is 0 Å². The van der Waals surface area contributed by atoms with Gasteiger partial charge in [0.1, 0.15) is 0 Å². The summed E-state index contributed by atoms with van der Waals surface area (Å²) in [6, 6.07) is 15.2. The van der Waals surface area contributed by atoms with Gasteiger partial charge in [0.05, 0.1) is 0 Å². The third-order valence-electron chi connectivity index (χ3n) is 4.74. The lowest BCUT2D eigenvalue weighted by molar-refractivity contribution is -0.120. The number of carbonyl (C=O) groups excluding carboxylic acids is 2. The van der Waals surface area contributed by atoms with Crippen LogP contribution in [0.2, 0.25) is 0 Å². The van der Waals surface area contributed by atoms with Crippen LogP contribution >= 0.6 is 23.2 Å². The lowest BCUT2D eigenvalue weighted by atomic mass is 10.1. The van der Waals surface area contributed by atoms with Crippen LogP contribution in [0, 0.1) is 0 Å². The van der Waals surface area contributed by atoms with Crippen molar-refractivity contribution in [2.24, 2.45) is 0 Å². The Morgan fingerprint density at radius 2 is 1.00 bits per heavy atom. The molecule has 0 atom stereocenters. The molecule has 2 rings (SSSR count). The first-order valence-corrected chi connectivity index (χ1v) is 10.4. The highest BCUT2D eigenvalue weighted by molar-refractivity contribution is 6.17. The van der Waals surface area contributed by atoms with Crippen LogP contribution in [0.3, 0.4) is 0 Å². The minimum atomic E-state index is 0.0380. The van der Waals surface area contributed by atoms with E-state index < -0.39 is 0 Å². The van der Waals surface area contributed by atoms with Gasteiger partial charge in [0.25, 0.3) is 0 Å². The molecule has 28 heavy (non-hydrogen) atoms. The molecular formula is C22H26Cl2N2O2. The number of unbranched alkanes of at least 4 members (excludes halogenated alkanes) is 1. The van der Waals surface area contributed by atoms with Gasteiger partial charge >= 0.3 is 0 Å². The molecule has 150 valence electrons. The normalized spacial score (nSPS) is 10.6. The van der Waals surface area contributed by atoms with Crippen LogP contribution in [0.25, 0.3) is 0 Å². The van der Waals surface area contributed by atoms with Crippen molar-refractivity contribution in [3.05, 3.63) is 59.7 Å². The van der Waals surface area contributed by atoms with E-state index in [4.69, 9.17) is 23.2 Å². The summed E-state index contributed by atoms with van der Waals surface area (Å²) in [6.45, 7) is 0. The van der Waals surface area contributed by atoms with Crippen LogP contribution in [-0.4, -0.2) is 25.9 Å². The predicted octanol–water partition coefficient (Wildman–Crippen LogP) is 5.35. The van der Waals surface area contributed by atoms with Crippen LogP contribution < -0.4 is 9.80 Å². The van der Waals surface area contributed by atoms with Crippen LogP contribution in [0.1, 0.15) is 36.8 Å². The highest BCUT2D eigenvalue weighted by Gasteiger charge is 2.13. The van der Waals surface area contributed by atoms with Gasteiger partial charge in [-0.3, -0.25) is 9.59 Å². The van der Waals surface area contributed by atoms with Gasteiger partial charge in [0.15, 0.2) is 0 Å². The lowest BCUT2D eigenvalue weighted by Gasteiger charge is -2.19. The van der Waals surface area contributed by atoms with E-state index in [2.05, 4.69) is 0 Å². The van der Waals surface area contributed by atoms with Gasteiger partial charge in [-0.2, -0.15) is 0 Å². The lowest BCUT2D eigenvalue weighted by Crippen LogP contribution is -2.27. The molecule has 2 aromatic carbocycles. The van der Waals surface area contributed by atoms with Crippen molar-refractivity contribution in [1.82, 2.24) is 0 Å². The Kier molecular flexibility index (Phi) is 8.81. The maximum Gasteiger partial charge on any atom is 0.226 e. The molecule has 0 aliphatic rings. The Labute approximate surface area is 177 Å². The fourth-order valence-electron chi connectivity index (χ4n) is 2.79. The summed E-state index contributed by atoms with van der Waals surface area (Å²) in [5.41, 5.74) is 3.72. The monoisotopic (exact) mass is 420 g/mol. The molecule has 0 unspecified atom stereocenters. The van der Waals surface area contributed by atoms with Crippen molar-refractivity contribution in [1.29, 1.82) is 0 Å². The Bertz CT molecular complexity index is 709. The molecule has 0 fully saturated rings.